The average Bonchev–Trinajstić information content (AvgIpc) is 3.29. The van der Waals surface area contributed by atoms with Crippen molar-refractivity contribution in [1.82, 2.24) is 10.2 Å². The van der Waals surface area contributed by atoms with Gasteiger partial charge >= 0.3 is 0 Å². The molecule has 0 saturated heterocycles. The van der Waals surface area contributed by atoms with Gasteiger partial charge in [0.05, 0.1) is 0 Å². The van der Waals surface area contributed by atoms with Gasteiger partial charge in [-0.1, -0.05) is 30.3 Å². The van der Waals surface area contributed by atoms with Crippen LogP contribution in [0.5, 0.6) is 5.75 Å². The number of likely N-dealkylation sites (N-methyl/N-ethyl adjacent to an activating group) is 1. The first-order chi connectivity index (χ1) is 10.2. The van der Waals surface area contributed by atoms with Crippen molar-refractivity contribution in [3.8, 4) is 5.75 Å². The lowest BCUT2D eigenvalue weighted by molar-refractivity contribution is 0.259. The molecule has 1 saturated carbocycles. The predicted molar refractivity (Wildman–Crippen MR) is 87.9 cm³/mol. The fourth-order valence-corrected chi connectivity index (χ4v) is 2.51. The highest BCUT2D eigenvalue weighted by molar-refractivity contribution is 5.87. The lowest BCUT2D eigenvalue weighted by Crippen LogP contribution is -2.21. The minimum Gasteiger partial charge on any atom is -0.492 e. The van der Waals surface area contributed by atoms with Gasteiger partial charge in [0.2, 0.25) is 0 Å². The molecule has 1 aliphatic carbocycles. The molecule has 0 spiro atoms. The lowest BCUT2D eigenvalue weighted by atomic mass is 10.0. The Bertz CT molecular complexity index is 605. The Hall–Kier alpha value is -1.58. The van der Waals surface area contributed by atoms with Crippen LogP contribution in [0.3, 0.4) is 0 Å². The summed E-state index contributed by atoms with van der Waals surface area (Å²) in [7, 11) is 4.14. The maximum Gasteiger partial charge on any atom is 0.124 e. The van der Waals surface area contributed by atoms with Gasteiger partial charge in [-0.05, 0) is 43.8 Å². The molecule has 1 N–H and O–H groups in total. The first-order valence-corrected chi connectivity index (χ1v) is 7.75. The van der Waals surface area contributed by atoms with Gasteiger partial charge in [-0.3, -0.25) is 0 Å². The summed E-state index contributed by atoms with van der Waals surface area (Å²) in [5.41, 5.74) is 1.29. The van der Waals surface area contributed by atoms with Gasteiger partial charge in [0, 0.05) is 24.7 Å². The van der Waals surface area contributed by atoms with Crippen molar-refractivity contribution >= 4 is 10.8 Å². The van der Waals surface area contributed by atoms with Crippen LogP contribution in [0, 0.1) is 0 Å². The Morgan fingerprint density at radius 2 is 1.95 bits per heavy atom. The zero-order chi connectivity index (χ0) is 14.7. The van der Waals surface area contributed by atoms with Crippen molar-refractivity contribution in [2.24, 2.45) is 0 Å². The van der Waals surface area contributed by atoms with E-state index in [4.69, 9.17) is 4.74 Å². The van der Waals surface area contributed by atoms with Crippen LogP contribution in [0.25, 0.3) is 10.8 Å². The number of hydrogen-bond donors (Lipinski definition) is 1. The number of rotatable bonds is 7. The third-order valence-corrected chi connectivity index (χ3v) is 3.94. The van der Waals surface area contributed by atoms with E-state index in [-0.39, 0.29) is 0 Å². The molecule has 2 aromatic rings. The highest BCUT2D eigenvalue weighted by atomic mass is 16.5. The van der Waals surface area contributed by atoms with Gasteiger partial charge in [0.25, 0.3) is 0 Å². The molecule has 0 bridgehead atoms. The molecule has 0 heterocycles. The molecule has 2 aromatic carbocycles. The van der Waals surface area contributed by atoms with Gasteiger partial charge in [0.15, 0.2) is 0 Å². The van der Waals surface area contributed by atoms with Gasteiger partial charge in [-0.15, -0.1) is 0 Å². The second-order valence-electron chi connectivity index (χ2n) is 6.07. The fourth-order valence-electron chi connectivity index (χ4n) is 2.51. The summed E-state index contributed by atoms with van der Waals surface area (Å²) < 4.78 is 6.03. The summed E-state index contributed by atoms with van der Waals surface area (Å²) in [5, 5.41) is 6.20. The van der Waals surface area contributed by atoms with E-state index in [2.05, 4.69) is 60.7 Å². The SMILES string of the molecule is CN(C)CCOc1ccc2ccccc2c1CNC1CC1. The van der Waals surface area contributed by atoms with E-state index >= 15 is 0 Å². The number of ether oxygens (including phenoxy) is 1. The normalized spacial score (nSPS) is 14.8. The molecule has 0 unspecified atom stereocenters. The van der Waals surface area contributed by atoms with E-state index in [1.165, 1.54) is 29.2 Å². The van der Waals surface area contributed by atoms with Crippen LogP contribution in [0.15, 0.2) is 36.4 Å². The molecule has 0 atom stereocenters. The van der Waals surface area contributed by atoms with Gasteiger partial charge in [-0.25, -0.2) is 0 Å². The number of fused-ring (bicyclic) bond motifs is 1. The van der Waals surface area contributed by atoms with E-state index in [0.717, 1.165) is 25.4 Å². The summed E-state index contributed by atoms with van der Waals surface area (Å²) in [6, 6.07) is 13.5. The van der Waals surface area contributed by atoms with Crippen molar-refractivity contribution in [1.29, 1.82) is 0 Å². The number of benzene rings is 2. The van der Waals surface area contributed by atoms with Crippen LogP contribution >= 0.6 is 0 Å². The largest absolute Gasteiger partial charge is 0.492 e. The van der Waals surface area contributed by atoms with Crippen molar-refractivity contribution in [2.75, 3.05) is 27.2 Å². The molecule has 1 fully saturated rings. The van der Waals surface area contributed by atoms with Crippen LogP contribution in [-0.2, 0) is 6.54 Å². The molecule has 1 aliphatic rings. The molecule has 0 aromatic heterocycles. The molecular formula is C18H24N2O. The number of nitrogens with zero attached hydrogens (tertiary/aromatic N) is 1. The monoisotopic (exact) mass is 284 g/mol. The summed E-state index contributed by atoms with van der Waals surface area (Å²) in [6.45, 7) is 2.55. The second-order valence-corrected chi connectivity index (χ2v) is 6.07. The molecule has 21 heavy (non-hydrogen) atoms. The van der Waals surface area contributed by atoms with Gasteiger partial charge in [0.1, 0.15) is 12.4 Å². The van der Waals surface area contributed by atoms with E-state index in [1.54, 1.807) is 0 Å². The zero-order valence-corrected chi connectivity index (χ0v) is 12.9. The highest BCUT2D eigenvalue weighted by Crippen LogP contribution is 2.29. The lowest BCUT2D eigenvalue weighted by Gasteiger charge is -2.16. The van der Waals surface area contributed by atoms with Gasteiger partial charge < -0.3 is 15.0 Å². The Labute approximate surface area is 126 Å². The summed E-state index contributed by atoms with van der Waals surface area (Å²) in [5.74, 6) is 1.02. The fraction of sp³-hybridized carbons (Fsp3) is 0.444. The van der Waals surface area contributed by atoms with E-state index in [1.807, 2.05) is 0 Å². The Kier molecular flexibility index (Phi) is 4.42. The molecule has 3 heteroatoms. The van der Waals surface area contributed by atoms with Crippen LogP contribution in [0.1, 0.15) is 18.4 Å². The standard InChI is InChI=1S/C18H24N2O/c1-20(2)11-12-21-18-10-7-14-5-3-4-6-16(14)17(18)13-19-15-8-9-15/h3-7,10,15,19H,8-9,11-13H2,1-2H3. The van der Waals surface area contributed by atoms with Crippen LogP contribution in [-0.4, -0.2) is 38.2 Å². The minimum atomic E-state index is 0.707. The van der Waals surface area contributed by atoms with Gasteiger partial charge in [-0.2, -0.15) is 0 Å². The zero-order valence-electron chi connectivity index (χ0n) is 12.9. The van der Waals surface area contributed by atoms with Crippen LogP contribution in [0.4, 0.5) is 0 Å². The molecule has 0 radical (unpaired) electrons. The maximum atomic E-state index is 6.03. The third kappa shape index (κ3) is 3.74. The Balaban J connectivity index is 1.83. The van der Waals surface area contributed by atoms with Crippen molar-refractivity contribution < 1.29 is 4.74 Å². The van der Waals surface area contributed by atoms with Crippen molar-refractivity contribution in [2.45, 2.75) is 25.4 Å². The number of hydrogen-bond acceptors (Lipinski definition) is 3. The summed E-state index contributed by atoms with van der Waals surface area (Å²) >= 11 is 0. The Morgan fingerprint density at radius 1 is 1.14 bits per heavy atom. The molecule has 112 valence electrons. The second kappa shape index (κ2) is 6.46. The highest BCUT2D eigenvalue weighted by Gasteiger charge is 2.21. The van der Waals surface area contributed by atoms with E-state index in [9.17, 15) is 0 Å². The minimum absolute atomic E-state index is 0.707. The van der Waals surface area contributed by atoms with Crippen LogP contribution < -0.4 is 10.1 Å². The quantitative estimate of drug-likeness (QED) is 0.846. The molecular weight excluding hydrogens is 260 g/mol. The smallest absolute Gasteiger partial charge is 0.124 e. The first kappa shape index (κ1) is 14.4. The Morgan fingerprint density at radius 3 is 2.71 bits per heavy atom. The first-order valence-electron chi connectivity index (χ1n) is 7.75. The average molecular weight is 284 g/mol. The van der Waals surface area contributed by atoms with E-state index in [0.29, 0.717) is 6.04 Å². The van der Waals surface area contributed by atoms with E-state index < -0.39 is 0 Å². The predicted octanol–water partition coefficient (Wildman–Crippen LogP) is 3.03. The number of nitrogens with one attached hydrogen (secondary N) is 1. The van der Waals surface area contributed by atoms with Crippen LogP contribution in [0.2, 0.25) is 0 Å². The molecule has 3 nitrogen and oxygen atoms in total. The van der Waals surface area contributed by atoms with Crippen molar-refractivity contribution in [3.63, 3.8) is 0 Å². The summed E-state index contributed by atoms with van der Waals surface area (Å²) in [6.07, 6.45) is 2.61. The maximum absolute atomic E-state index is 6.03. The topological polar surface area (TPSA) is 24.5 Å². The molecule has 3 rings (SSSR count). The van der Waals surface area contributed by atoms with Crippen molar-refractivity contribution in [3.05, 3.63) is 42.0 Å². The third-order valence-electron chi connectivity index (χ3n) is 3.94. The molecule has 0 amide bonds. The molecule has 0 aliphatic heterocycles. The summed E-state index contributed by atoms with van der Waals surface area (Å²) in [4.78, 5) is 2.14.